The summed E-state index contributed by atoms with van der Waals surface area (Å²) in [5, 5.41) is 0. The summed E-state index contributed by atoms with van der Waals surface area (Å²) in [6.07, 6.45) is 7.02. The average Bonchev–Trinajstić information content (AvgIpc) is 3.87. The van der Waals surface area contributed by atoms with Gasteiger partial charge in [0.25, 0.3) is 0 Å². The second kappa shape index (κ2) is 11.0. The van der Waals surface area contributed by atoms with Gasteiger partial charge in [0.05, 0.1) is 11.1 Å². The maximum atomic E-state index is 2.58. The Labute approximate surface area is 330 Å². The Balaban J connectivity index is 1.15. The fourth-order valence-electron chi connectivity index (χ4n) is 11.7. The largest absolute Gasteiger partial charge is 0.310 e. The lowest BCUT2D eigenvalue weighted by atomic mass is 9.69. The number of allylic oxidation sites excluding steroid dienone is 4. The highest BCUT2D eigenvalue weighted by Gasteiger charge is 2.52. The summed E-state index contributed by atoms with van der Waals surface area (Å²) in [4.78, 5) is 2.58. The minimum atomic E-state index is -0.370. The molecule has 0 aliphatic heterocycles. The number of fused-ring (bicyclic) bond motifs is 15. The molecule has 7 aromatic rings. The van der Waals surface area contributed by atoms with Crippen LogP contribution >= 0.6 is 0 Å². The summed E-state index contributed by atoms with van der Waals surface area (Å²) in [6.45, 7) is 9.55. The van der Waals surface area contributed by atoms with Crippen LogP contribution in [-0.2, 0) is 16.2 Å². The zero-order valence-electron chi connectivity index (χ0n) is 32.4. The van der Waals surface area contributed by atoms with Crippen LogP contribution in [0.2, 0.25) is 0 Å². The van der Waals surface area contributed by atoms with E-state index in [4.69, 9.17) is 0 Å². The van der Waals surface area contributed by atoms with Gasteiger partial charge < -0.3 is 4.90 Å². The number of benzene rings is 7. The molecular weight excluding hydrogens is 675 g/mol. The van der Waals surface area contributed by atoms with Crippen molar-refractivity contribution in [3.8, 4) is 33.4 Å². The first-order valence-electron chi connectivity index (χ1n) is 20.3. The quantitative estimate of drug-likeness (QED) is 0.176. The van der Waals surface area contributed by atoms with Crippen molar-refractivity contribution in [3.05, 3.63) is 214 Å². The first kappa shape index (κ1) is 32.1. The van der Waals surface area contributed by atoms with Crippen LogP contribution in [0.15, 0.2) is 169 Å². The van der Waals surface area contributed by atoms with Crippen LogP contribution in [0.3, 0.4) is 0 Å². The van der Waals surface area contributed by atoms with Gasteiger partial charge in [0.15, 0.2) is 0 Å². The predicted molar refractivity (Wildman–Crippen MR) is 233 cm³/mol. The van der Waals surface area contributed by atoms with Crippen LogP contribution in [0.25, 0.3) is 39.0 Å². The monoisotopic (exact) mass is 717 g/mol. The first-order chi connectivity index (χ1) is 27.3. The summed E-state index contributed by atoms with van der Waals surface area (Å²) >= 11 is 0. The minimum absolute atomic E-state index is 0.109. The van der Waals surface area contributed by atoms with Crippen molar-refractivity contribution in [1.82, 2.24) is 0 Å². The summed E-state index contributed by atoms with van der Waals surface area (Å²) in [5.41, 5.74) is 25.2. The van der Waals surface area contributed by atoms with Gasteiger partial charge in [-0.15, -0.1) is 0 Å². The van der Waals surface area contributed by atoms with Crippen LogP contribution in [0, 0.1) is 0 Å². The van der Waals surface area contributed by atoms with E-state index in [0.717, 1.165) is 12.8 Å². The van der Waals surface area contributed by atoms with E-state index < -0.39 is 0 Å². The Kier molecular flexibility index (Phi) is 6.30. The maximum Gasteiger partial charge on any atom is 0.0722 e. The van der Waals surface area contributed by atoms with Gasteiger partial charge in [-0.25, -0.2) is 0 Å². The number of hydrogen-bond acceptors (Lipinski definition) is 1. The minimum Gasteiger partial charge on any atom is -0.310 e. The lowest BCUT2D eigenvalue weighted by molar-refractivity contribution is 0.660. The molecule has 1 atom stereocenters. The van der Waals surface area contributed by atoms with E-state index in [0.29, 0.717) is 0 Å². The second-order valence-corrected chi connectivity index (χ2v) is 17.5. The Bertz CT molecular complexity index is 2930. The van der Waals surface area contributed by atoms with Crippen LogP contribution in [0.4, 0.5) is 17.1 Å². The van der Waals surface area contributed by atoms with Gasteiger partial charge in [-0.05, 0) is 127 Å². The van der Waals surface area contributed by atoms with Crippen LogP contribution in [0.1, 0.15) is 85.0 Å². The third kappa shape index (κ3) is 3.86. The number of anilines is 3. The third-order valence-electron chi connectivity index (χ3n) is 14.2. The fraction of sp³-hybridized carbons (Fsp3) is 0.164. The van der Waals surface area contributed by atoms with Crippen LogP contribution in [-0.4, -0.2) is 0 Å². The lowest BCUT2D eigenvalue weighted by Crippen LogP contribution is -2.27. The normalized spacial score (nSPS) is 19.1. The van der Waals surface area contributed by atoms with Gasteiger partial charge in [-0.2, -0.15) is 0 Å². The van der Waals surface area contributed by atoms with Gasteiger partial charge >= 0.3 is 0 Å². The van der Waals surface area contributed by atoms with Crippen molar-refractivity contribution in [2.75, 3.05) is 4.90 Å². The Morgan fingerprint density at radius 2 is 0.929 bits per heavy atom. The molecular formula is C55H43N. The third-order valence-corrected chi connectivity index (χ3v) is 14.2. The molecule has 1 unspecified atom stereocenters. The molecule has 0 saturated heterocycles. The van der Waals surface area contributed by atoms with E-state index in [9.17, 15) is 0 Å². The van der Waals surface area contributed by atoms with Gasteiger partial charge in [0.1, 0.15) is 0 Å². The Morgan fingerprint density at radius 1 is 0.429 bits per heavy atom. The smallest absolute Gasteiger partial charge is 0.0722 e. The molecule has 0 aromatic heterocycles. The van der Waals surface area contributed by atoms with Crippen molar-refractivity contribution >= 4 is 22.6 Å². The van der Waals surface area contributed by atoms with Crippen molar-refractivity contribution in [3.63, 3.8) is 0 Å². The van der Waals surface area contributed by atoms with Crippen molar-refractivity contribution < 1.29 is 0 Å². The molecule has 1 spiro atoms. The molecule has 5 aliphatic rings. The number of rotatable bonds is 3. The molecule has 0 saturated carbocycles. The molecule has 0 fully saturated rings. The molecule has 0 bridgehead atoms. The van der Waals surface area contributed by atoms with Gasteiger partial charge in [0, 0.05) is 27.8 Å². The molecule has 1 nitrogen and oxygen atoms in total. The fourth-order valence-corrected chi connectivity index (χ4v) is 11.7. The zero-order chi connectivity index (χ0) is 37.6. The summed E-state index contributed by atoms with van der Waals surface area (Å²) in [6, 6.07) is 58.1. The van der Waals surface area contributed by atoms with Crippen LogP contribution in [0.5, 0.6) is 0 Å². The lowest BCUT2D eigenvalue weighted by Gasteiger charge is -2.34. The molecule has 1 heteroatoms. The van der Waals surface area contributed by atoms with E-state index in [1.807, 2.05) is 0 Å². The average molecular weight is 718 g/mol. The summed E-state index contributed by atoms with van der Waals surface area (Å²) in [7, 11) is 0. The SMILES string of the molecule is CC1(C)c2ccccc2-c2ccc(N(c3ccc4c(c3)C3(C5=C(CCC=C5)c5ccccc53)c3ccccc3-4)c3cccc4c3-c3ccccc3C4(C)C)cc21. The molecule has 0 amide bonds. The van der Waals surface area contributed by atoms with Crippen LogP contribution < -0.4 is 4.90 Å². The van der Waals surface area contributed by atoms with E-state index in [1.165, 1.54) is 106 Å². The highest BCUT2D eigenvalue weighted by atomic mass is 15.1. The predicted octanol–water partition coefficient (Wildman–Crippen LogP) is 14.2. The van der Waals surface area contributed by atoms with Gasteiger partial charge in [0.2, 0.25) is 0 Å². The number of hydrogen-bond donors (Lipinski definition) is 0. The molecule has 12 rings (SSSR count). The van der Waals surface area contributed by atoms with E-state index in [1.54, 1.807) is 0 Å². The highest BCUT2D eigenvalue weighted by Crippen LogP contribution is 2.64. The second-order valence-electron chi connectivity index (χ2n) is 17.5. The molecule has 7 aromatic carbocycles. The molecule has 5 aliphatic carbocycles. The Morgan fingerprint density at radius 3 is 1.64 bits per heavy atom. The topological polar surface area (TPSA) is 3.24 Å². The van der Waals surface area contributed by atoms with E-state index in [2.05, 4.69) is 196 Å². The number of nitrogens with zero attached hydrogens (tertiary/aromatic N) is 1. The summed E-state index contributed by atoms with van der Waals surface area (Å²) < 4.78 is 0. The maximum absolute atomic E-state index is 2.58. The van der Waals surface area contributed by atoms with Gasteiger partial charge in [-0.3, -0.25) is 0 Å². The highest BCUT2D eigenvalue weighted by molar-refractivity contribution is 5.99. The molecule has 0 radical (unpaired) electrons. The molecule has 56 heavy (non-hydrogen) atoms. The molecule has 0 heterocycles. The standard InChI is InChI=1S/C55H43N/c1-53(2)44-22-11-9-20-42(44)52-48(53)26-15-27-51(52)56(34-28-30-40-36-16-5-10-21-43(36)54(3,4)49(40)32-34)35-29-31-41-39-19-8-14-25-47(39)55(50(41)33-35)45-23-12-6-17-37(45)38-18-7-13-24-46(38)55/h5-6,8-17,19-33H,7,18H2,1-4H3. The Hall–Kier alpha value is -6.18. The first-order valence-corrected chi connectivity index (χ1v) is 20.3. The van der Waals surface area contributed by atoms with Crippen molar-refractivity contribution in [2.24, 2.45) is 0 Å². The van der Waals surface area contributed by atoms with Crippen molar-refractivity contribution in [1.29, 1.82) is 0 Å². The van der Waals surface area contributed by atoms with Gasteiger partial charge in [-0.1, -0.05) is 161 Å². The summed E-state index contributed by atoms with van der Waals surface area (Å²) in [5.74, 6) is 0. The van der Waals surface area contributed by atoms with E-state index >= 15 is 0 Å². The van der Waals surface area contributed by atoms with Crippen molar-refractivity contribution in [2.45, 2.75) is 56.8 Å². The molecule has 0 N–H and O–H groups in total. The zero-order valence-corrected chi connectivity index (χ0v) is 32.4. The van der Waals surface area contributed by atoms with E-state index in [-0.39, 0.29) is 16.2 Å². The molecule has 268 valence electrons.